The lowest BCUT2D eigenvalue weighted by Crippen LogP contribution is -2.49. The first-order valence-electron chi connectivity index (χ1n) is 6.84. The molecule has 3 rings (SSSR count). The molecule has 2 amide bonds. The van der Waals surface area contributed by atoms with E-state index in [0.29, 0.717) is 12.5 Å². The van der Waals surface area contributed by atoms with E-state index in [1.165, 1.54) is 5.01 Å². The molecule has 0 spiro atoms. The predicted molar refractivity (Wildman–Crippen MR) is 75.0 cm³/mol. The van der Waals surface area contributed by atoms with Crippen molar-refractivity contribution in [1.29, 1.82) is 0 Å². The van der Waals surface area contributed by atoms with Gasteiger partial charge in [-0.15, -0.1) is 0 Å². The van der Waals surface area contributed by atoms with E-state index in [-0.39, 0.29) is 18.4 Å². The molecule has 104 valence electrons. The lowest BCUT2D eigenvalue weighted by Gasteiger charge is -2.28. The molecule has 20 heavy (non-hydrogen) atoms. The summed E-state index contributed by atoms with van der Waals surface area (Å²) in [5.41, 5.74) is 4.90. The van der Waals surface area contributed by atoms with Gasteiger partial charge in [-0.2, -0.15) is 0 Å². The van der Waals surface area contributed by atoms with Crippen LogP contribution in [0.1, 0.15) is 24.8 Å². The largest absolute Gasteiger partial charge is 0.352 e. The lowest BCUT2D eigenvalue weighted by molar-refractivity contribution is -0.137. The predicted octanol–water partition coefficient (Wildman–Crippen LogP) is 1.04. The smallest absolute Gasteiger partial charge is 0.245 e. The minimum Gasteiger partial charge on any atom is -0.352 e. The molecule has 1 aliphatic carbocycles. The Hall–Kier alpha value is -2.30. The van der Waals surface area contributed by atoms with E-state index in [0.717, 1.165) is 24.1 Å². The van der Waals surface area contributed by atoms with Gasteiger partial charge in [0.15, 0.2) is 0 Å². The fraction of sp³-hybridized carbons (Fsp3) is 0.333. The van der Waals surface area contributed by atoms with Crippen LogP contribution in [-0.4, -0.2) is 29.4 Å². The number of hydrazine groups is 1. The van der Waals surface area contributed by atoms with Crippen LogP contribution >= 0.6 is 0 Å². The molecule has 0 atom stereocenters. The van der Waals surface area contributed by atoms with Crippen molar-refractivity contribution in [2.75, 3.05) is 6.54 Å². The molecule has 2 N–H and O–H groups in total. The number of hydrogen-bond donors (Lipinski definition) is 2. The highest BCUT2D eigenvalue weighted by molar-refractivity contribution is 5.88. The Morgan fingerprint density at radius 1 is 1.30 bits per heavy atom. The van der Waals surface area contributed by atoms with Gasteiger partial charge in [0.25, 0.3) is 0 Å². The zero-order valence-corrected chi connectivity index (χ0v) is 11.1. The van der Waals surface area contributed by atoms with E-state index in [1.807, 2.05) is 36.4 Å². The Morgan fingerprint density at radius 2 is 2.05 bits per heavy atom. The first-order valence-corrected chi connectivity index (χ1v) is 6.84. The summed E-state index contributed by atoms with van der Waals surface area (Å²) in [5.74, 6) is -0.196. The summed E-state index contributed by atoms with van der Waals surface area (Å²) in [4.78, 5) is 23.6. The van der Waals surface area contributed by atoms with E-state index < -0.39 is 0 Å². The van der Waals surface area contributed by atoms with Crippen LogP contribution in [0.3, 0.4) is 0 Å². The topological polar surface area (TPSA) is 61.4 Å². The second-order valence-electron chi connectivity index (χ2n) is 5.12. The highest BCUT2D eigenvalue weighted by Crippen LogP contribution is 2.19. The number of carbonyl (C=O) groups is 2. The molecule has 5 nitrogen and oxygen atoms in total. The molecule has 0 aromatic heterocycles. The highest BCUT2D eigenvalue weighted by Gasteiger charge is 2.26. The van der Waals surface area contributed by atoms with Gasteiger partial charge >= 0.3 is 0 Å². The average molecular weight is 271 g/mol. The Morgan fingerprint density at radius 3 is 2.75 bits per heavy atom. The quantitative estimate of drug-likeness (QED) is 0.860. The van der Waals surface area contributed by atoms with Gasteiger partial charge in [0, 0.05) is 12.5 Å². The summed E-state index contributed by atoms with van der Waals surface area (Å²) in [6, 6.07) is 10.1. The standard InChI is InChI=1S/C15H17N3O2/c19-14(16-12-6-7-12)10-18-15(20)9-8-13(17-18)11-4-2-1-3-5-11/h1-5,8,12,17H,6-7,9-10H2,(H,16,19). The Kier molecular flexibility index (Phi) is 3.41. The zero-order chi connectivity index (χ0) is 13.9. The van der Waals surface area contributed by atoms with Gasteiger partial charge in [0.1, 0.15) is 6.54 Å². The highest BCUT2D eigenvalue weighted by atomic mass is 16.2. The van der Waals surface area contributed by atoms with Crippen LogP contribution in [0.5, 0.6) is 0 Å². The van der Waals surface area contributed by atoms with Crippen molar-refractivity contribution in [2.24, 2.45) is 0 Å². The molecule has 2 aliphatic rings. The molecule has 1 aromatic rings. The van der Waals surface area contributed by atoms with Crippen molar-refractivity contribution in [3.8, 4) is 0 Å². The minimum absolute atomic E-state index is 0.0551. The second kappa shape index (κ2) is 5.36. The van der Waals surface area contributed by atoms with Gasteiger partial charge in [0.05, 0.1) is 5.70 Å². The Bertz CT molecular complexity index is 549. The van der Waals surface area contributed by atoms with Crippen molar-refractivity contribution in [3.05, 3.63) is 42.0 Å². The number of nitrogens with one attached hydrogen (secondary N) is 2. The maximum Gasteiger partial charge on any atom is 0.245 e. The Balaban J connectivity index is 1.65. The van der Waals surface area contributed by atoms with Gasteiger partial charge < -0.3 is 5.32 Å². The number of rotatable bonds is 4. The molecule has 0 saturated heterocycles. The maximum absolute atomic E-state index is 11.8. The fourth-order valence-electron chi connectivity index (χ4n) is 2.13. The van der Waals surface area contributed by atoms with Crippen LogP contribution in [0.15, 0.2) is 36.4 Å². The van der Waals surface area contributed by atoms with E-state index in [4.69, 9.17) is 0 Å². The number of amides is 2. The molecule has 1 heterocycles. The fourth-order valence-corrected chi connectivity index (χ4v) is 2.13. The van der Waals surface area contributed by atoms with Gasteiger partial charge in [-0.05, 0) is 24.5 Å². The van der Waals surface area contributed by atoms with E-state index in [2.05, 4.69) is 10.7 Å². The average Bonchev–Trinajstić information content (AvgIpc) is 3.26. The van der Waals surface area contributed by atoms with Crippen LogP contribution in [-0.2, 0) is 9.59 Å². The van der Waals surface area contributed by atoms with E-state index in [1.54, 1.807) is 0 Å². The molecule has 0 bridgehead atoms. The molecular weight excluding hydrogens is 254 g/mol. The number of benzene rings is 1. The van der Waals surface area contributed by atoms with E-state index in [9.17, 15) is 9.59 Å². The van der Waals surface area contributed by atoms with Crippen LogP contribution in [0.25, 0.3) is 5.70 Å². The first kappa shape index (κ1) is 12.7. The Labute approximate surface area is 117 Å². The summed E-state index contributed by atoms with van der Waals surface area (Å²) in [7, 11) is 0. The molecule has 0 unspecified atom stereocenters. The summed E-state index contributed by atoms with van der Waals surface area (Å²) in [6.07, 6.45) is 4.26. The van der Waals surface area contributed by atoms with Gasteiger partial charge in [-0.3, -0.25) is 15.0 Å². The normalized spacial score (nSPS) is 18.3. The van der Waals surface area contributed by atoms with Crippen molar-refractivity contribution in [1.82, 2.24) is 15.8 Å². The van der Waals surface area contributed by atoms with Crippen LogP contribution in [0.4, 0.5) is 0 Å². The first-order chi connectivity index (χ1) is 9.72. The summed E-state index contributed by atoms with van der Waals surface area (Å²) in [6.45, 7) is 0.0551. The second-order valence-corrected chi connectivity index (χ2v) is 5.12. The molecule has 1 fully saturated rings. The molecule has 1 aliphatic heterocycles. The van der Waals surface area contributed by atoms with Crippen LogP contribution < -0.4 is 10.7 Å². The maximum atomic E-state index is 11.8. The van der Waals surface area contributed by atoms with Crippen molar-refractivity contribution in [3.63, 3.8) is 0 Å². The lowest BCUT2D eigenvalue weighted by atomic mass is 10.1. The van der Waals surface area contributed by atoms with Crippen LogP contribution in [0.2, 0.25) is 0 Å². The summed E-state index contributed by atoms with van der Waals surface area (Å²) < 4.78 is 0. The van der Waals surface area contributed by atoms with Gasteiger partial charge in [-0.25, -0.2) is 5.01 Å². The third kappa shape index (κ3) is 2.99. The zero-order valence-electron chi connectivity index (χ0n) is 11.1. The summed E-state index contributed by atoms with van der Waals surface area (Å²) >= 11 is 0. The number of carbonyl (C=O) groups excluding carboxylic acids is 2. The molecular formula is C15H17N3O2. The monoisotopic (exact) mass is 271 g/mol. The molecule has 5 heteroatoms. The van der Waals surface area contributed by atoms with Crippen molar-refractivity contribution < 1.29 is 9.59 Å². The van der Waals surface area contributed by atoms with Gasteiger partial charge in [0.2, 0.25) is 11.8 Å². The molecule has 0 radical (unpaired) electrons. The SMILES string of the molecule is O=C(CN1NC(c2ccccc2)=CCC1=O)NC1CC1. The van der Waals surface area contributed by atoms with E-state index >= 15 is 0 Å². The minimum atomic E-state index is -0.109. The van der Waals surface area contributed by atoms with Crippen molar-refractivity contribution >= 4 is 17.5 Å². The third-order valence-electron chi connectivity index (χ3n) is 3.37. The summed E-state index contributed by atoms with van der Waals surface area (Å²) in [5, 5.41) is 4.27. The molecule has 1 aromatic carbocycles. The van der Waals surface area contributed by atoms with Crippen molar-refractivity contribution in [2.45, 2.75) is 25.3 Å². The molecule has 1 saturated carbocycles. The third-order valence-corrected chi connectivity index (χ3v) is 3.37. The van der Waals surface area contributed by atoms with Crippen LogP contribution in [0, 0.1) is 0 Å². The number of hydrogen-bond acceptors (Lipinski definition) is 3. The van der Waals surface area contributed by atoms with Gasteiger partial charge in [-0.1, -0.05) is 30.3 Å². The number of nitrogens with zero attached hydrogens (tertiary/aromatic N) is 1.